The molecule has 0 N–H and O–H groups in total. The first-order valence-corrected chi connectivity index (χ1v) is 9.10. The van der Waals surface area contributed by atoms with E-state index in [-0.39, 0.29) is 18.1 Å². The molecule has 1 amide bonds. The number of nitrogens with zero attached hydrogens (tertiary/aromatic N) is 2. The lowest BCUT2D eigenvalue weighted by Gasteiger charge is -2.36. The molecule has 4 heterocycles. The first-order valence-electron chi connectivity index (χ1n) is 8.16. The number of carbonyl (C=O) groups is 1. The smallest absolute Gasteiger partial charge is 0.275 e. The minimum absolute atomic E-state index is 0.0206. The highest BCUT2D eigenvalue weighted by atomic mass is 32.1. The Balaban J connectivity index is 1.36. The third-order valence-electron chi connectivity index (χ3n) is 4.90. The second-order valence-corrected chi connectivity index (χ2v) is 7.11. The van der Waals surface area contributed by atoms with Crippen LogP contribution in [0.1, 0.15) is 31.2 Å². The maximum absolute atomic E-state index is 12.4. The predicted molar refractivity (Wildman–Crippen MR) is 83.3 cm³/mol. The van der Waals surface area contributed by atoms with Crippen LogP contribution in [0.2, 0.25) is 0 Å². The number of fused-ring (bicyclic) bond motifs is 1. The molecule has 0 spiro atoms. The molecule has 0 bridgehead atoms. The van der Waals surface area contributed by atoms with E-state index in [0.29, 0.717) is 19.2 Å². The number of carbonyl (C=O) groups excluding carboxylic acids is 1. The Morgan fingerprint density at radius 2 is 2.27 bits per heavy atom. The van der Waals surface area contributed by atoms with Gasteiger partial charge in [0.15, 0.2) is 0 Å². The quantitative estimate of drug-likeness (QED) is 0.854. The molecule has 0 radical (unpaired) electrons. The van der Waals surface area contributed by atoms with Gasteiger partial charge in [-0.2, -0.15) is 11.3 Å². The Morgan fingerprint density at radius 1 is 1.32 bits per heavy atom. The van der Waals surface area contributed by atoms with Gasteiger partial charge in [0.2, 0.25) is 0 Å². The van der Waals surface area contributed by atoms with Crippen molar-refractivity contribution < 1.29 is 14.4 Å². The van der Waals surface area contributed by atoms with Crippen molar-refractivity contribution in [1.29, 1.82) is 0 Å². The summed E-state index contributed by atoms with van der Waals surface area (Å²) in [5.41, 5.74) is 1.38. The highest BCUT2D eigenvalue weighted by Gasteiger charge is 2.43. The summed E-state index contributed by atoms with van der Waals surface area (Å²) in [6, 6.07) is 2.65. The number of rotatable bonds is 3. The van der Waals surface area contributed by atoms with E-state index in [1.54, 1.807) is 11.3 Å². The molecular weight excluding hydrogens is 300 g/mol. The van der Waals surface area contributed by atoms with E-state index in [0.717, 1.165) is 38.8 Å². The molecule has 3 aliphatic heterocycles. The van der Waals surface area contributed by atoms with E-state index in [9.17, 15) is 4.79 Å². The molecule has 5 nitrogen and oxygen atoms in total. The van der Waals surface area contributed by atoms with Gasteiger partial charge in [-0.15, -0.1) is 0 Å². The topological polar surface area (TPSA) is 42.0 Å². The largest absolute Gasteiger partial charge is 0.363 e. The first-order chi connectivity index (χ1) is 10.8. The summed E-state index contributed by atoms with van der Waals surface area (Å²) in [4.78, 5) is 20.3. The number of hydroxylamine groups is 2. The molecule has 1 aromatic heterocycles. The van der Waals surface area contributed by atoms with Gasteiger partial charge < -0.3 is 4.74 Å². The fourth-order valence-electron chi connectivity index (χ4n) is 3.79. The number of likely N-dealkylation sites (tertiary alicyclic amines) is 1. The molecule has 0 aromatic carbocycles. The molecule has 6 heteroatoms. The van der Waals surface area contributed by atoms with Crippen LogP contribution in [0, 0.1) is 0 Å². The van der Waals surface area contributed by atoms with Crippen LogP contribution in [0.5, 0.6) is 0 Å². The zero-order valence-corrected chi connectivity index (χ0v) is 13.5. The summed E-state index contributed by atoms with van der Waals surface area (Å²) in [6.45, 7) is 3.42. The lowest BCUT2D eigenvalue weighted by atomic mass is 9.98. The minimum atomic E-state index is -0.305. The Bertz CT molecular complexity index is 515. The fraction of sp³-hybridized carbons (Fsp3) is 0.688. The molecule has 3 aliphatic rings. The normalized spacial score (nSPS) is 32.4. The van der Waals surface area contributed by atoms with Crippen molar-refractivity contribution >= 4 is 17.2 Å². The standard InChI is InChI=1S/C16H22N2O3S/c19-16(18-6-1-8-20-18)15-3-2-13-14(21-15)4-7-17(13)10-12-5-9-22-11-12/h5,9,11,13-15H,1-4,6-8,10H2/t13-,14-,15+/m1/s1. The maximum Gasteiger partial charge on any atom is 0.275 e. The van der Waals surface area contributed by atoms with E-state index in [4.69, 9.17) is 9.57 Å². The van der Waals surface area contributed by atoms with Crippen LogP contribution in [-0.4, -0.2) is 53.8 Å². The molecule has 3 fully saturated rings. The van der Waals surface area contributed by atoms with Crippen LogP contribution in [0.25, 0.3) is 0 Å². The lowest BCUT2D eigenvalue weighted by Crippen LogP contribution is -2.48. The highest BCUT2D eigenvalue weighted by molar-refractivity contribution is 7.07. The van der Waals surface area contributed by atoms with Gasteiger partial charge in [-0.05, 0) is 48.1 Å². The molecule has 22 heavy (non-hydrogen) atoms. The first kappa shape index (κ1) is 14.6. The predicted octanol–water partition coefficient (Wildman–Crippen LogP) is 2.03. The summed E-state index contributed by atoms with van der Waals surface area (Å²) in [7, 11) is 0. The van der Waals surface area contributed by atoms with E-state index in [1.807, 2.05) is 0 Å². The van der Waals surface area contributed by atoms with Crippen LogP contribution in [0.4, 0.5) is 0 Å². The second kappa shape index (κ2) is 6.28. The summed E-state index contributed by atoms with van der Waals surface area (Å²) in [5, 5.41) is 5.85. The van der Waals surface area contributed by atoms with Gasteiger partial charge in [0.1, 0.15) is 6.10 Å². The Hall–Kier alpha value is -0.950. The summed E-state index contributed by atoms with van der Waals surface area (Å²) < 4.78 is 6.12. The van der Waals surface area contributed by atoms with Gasteiger partial charge in [0.25, 0.3) is 5.91 Å². The van der Waals surface area contributed by atoms with Crippen molar-refractivity contribution in [2.45, 2.75) is 50.5 Å². The van der Waals surface area contributed by atoms with Crippen molar-refractivity contribution in [3.05, 3.63) is 22.4 Å². The zero-order valence-electron chi connectivity index (χ0n) is 12.6. The van der Waals surface area contributed by atoms with Gasteiger partial charge >= 0.3 is 0 Å². The zero-order chi connectivity index (χ0) is 14.9. The van der Waals surface area contributed by atoms with Crippen molar-refractivity contribution in [1.82, 2.24) is 9.96 Å². The van der Waals surface area contributed by atoms with E-state index in [2.05, 4.69) is 21.7 Å². The Labute approximate surface area is 134 Å². The molecule has 0 unspecified atom stereocenters. The average molecular weight is 322 g/mol. The van der Waals surface area contributed by atoms with Gasteiger partial charge in [-0.3, -0.25) is 14.5 Å². The summed E-state index contributed by atoms with van der Waals surface area (Å²) in [5.74, 6) is 0.0206. The summed E-state index contributed by atoms with van der Waals surface area (Å²) in [6.07, 6.45) is 3.70. The van der Waals surface area contributed by atoms with E-state index < -0.39 is 0 Å². The number of amides is 1. The second-order valence-electron chi connectivity index (χ2n) is 6.33. The SMILES string of the molecule is O=C([C@@H]1CC[C@@H]2[C@@H](CCN2Cc2ccsc2)O1)N1CCCO1. The number of ether oxygens (including phenoxy) is 1. The lowest BCUT2D eigenvalue weighted by molar-refractivity contribution is -0.189. The van der Waals surface area contributed by atoms with Crippen LogP contribution in [-0.2, 0) is 20.9 Å². The highest BCUT2D eigenvalue weighted by Crippen LogP contribution is 2.33. The van der Waals surface area contributed by atoms with Crippen LogP contribution >= 0.6 is 11.3 Å². The molecule has 3 saturated heterocycles. The number of hydrogen-bond donors (Lipinski definition) is 0. The van der Waals surface area contributed by atoms with Gasteiger partial charge in [0.05, 0.1) is 19.3 Å². The molecule has 120 valence electrons. The Kier molecular flexibility index (Phi) is 4.17. The third kappa shape index (κ3) is 2.80. The molecule has 4 rings (SSSR count). The molecule has 0 aliphatic carbocycles. The van der Waals surface area contributed by atoms with Crippen molar-refractivity contribution in [2.75, 3.05) is 19.7 Å². The van der Waals surface area contributed by atoms with Crippen molar-refractivity contribution in [3.63, 3.8) is 0 Å². The van der Waals surface area contributed by atoms with Crippen LogP contribution in [0.15, 0.2) is 16.8 Å². The molecule has 3 atom stereocenters. The monoisotopic (exact) mass is 322 g/mol. The fourth-order valence-corrected chi connectivity index (χ4v) is 4.45. The molecular formula is C16H22N2O3S. The Morgan fingerprint density at radius 3 is 3.05 bits per heavy atom. The van der Waals surface area contributed by atoms with E-state index in [1.165, 1.54) is 10.6 Å². The third-order valence-corrected chi connectivity index (χ3v) is 5.63. The molecule has 0 saturated carbocycles. The number of thiophene rings is 1. The minimum Gasteiger partial charge on any atom is -0.363 e. The van der Waals surface area contributed by atoms with E-state index >= 15 is 0 Å². The summed E-state index contributed by atoms with van der Waals surface area (Å²) >= 11 is 1.75. The maximum atomic E-state index is 12.4. The average Bonchev–Trinajstić information content (AvgIpc) is 3.29. The van der Waals surface area contributed by atoms with Gasteiger partial charge in [-0.25, -0.2) is 5.06 Å². The van der Waals surface area contributed by atoms with Crippen LogP contribution in [0.3, 0.4) is 0 Å². The van der Waals surface area contributed by atoms with Crippen molar-refractivity contribution in [3.8, 4) is 0 Å². The van der Waals surface area contributed by atoms with Gasteiger partial charge in [0, 0.05) is 19.1 Å². The number of hydrogen-bond acceptors (Lipinski definition) is 5. The van der Waals surface area contributed by atoms with Crippen molar-refractivity contribution in [2.24, 2.45) is 0 Å². The van der Waals surface area contributed by atoms with Gasteiger partial charge in [-0.1, -0.05) is 0 Å². The van der Waals surface area contributed by atoms with Crippen LogP contribution < -0.4 is 0 Å². The molecule has 1 aromatic rings.